The number of hydrogen-bond acceptors (Lipinski definition) is 6. The minimum atomic E-state index is -0.679. The van der Waals surface area contributed by atoms with Gasteiger partial charge in [-0.15, -0.1) is 0 Å². The van der Waals surface area contributed by atoms with Gasteiger partial charge in [-0.1, -0.05) is 12.1 Å². The maximum absolute atomic E-state index is 13.4. The van der Waals surface area contributed by atoms with E-state index >= 15 is 0 Å². The maximum Gasteiger partial charge on any atom is 0.268 e. The molecule has 1 atom stereocenters. The summed E-state index contributed by atoms with van der Waals surface area (Å²) >= 11 is 0. The number of anilines is 2. The van der Waals surface area contributed by atoms with Crippen molar-refractivity contribution in [3.8, 4) is 23.0 Å². The molecule has 0 saturated carbocycles. The fourth-order valence-corrected chi connectivity index (χ4v) is 4.14. The number of benzene rings is 3. The van der Waals surface area contributed by atoms with E-state index in [0.29, 0.717) is 59.8 Å². The highest BCUT2D eigenvalue weighted by molar-refractivity contribution is 6.06. The Labute approximate surface area is 221 Å². The van der Waals surface area contributed by atoms with Crippen molar-refractivity contribution in [2.24, 2.45) is 0 Å². The maximum atomic E-state index is 13.4. The van der Waals surface area contributed by atoms with E-state index in [4.69, 9.17) is 18.9 Å². The van der Waals surface area contributed by atoms with E-state index in [1.807, 2.05) is 20.8 Å². The summed E-state index contributed by atoms with van der Waals surface area (Å²) in [5, 5.41) is 2.88. The van der Waals surface area contributed by atoms with Gasteiger partial charge in [-0.3, -0.25) is 9.59 Å². The summed E-state index contributed by atoms with van der Waals surface area (Å²) in [6, 6.07) is 14.3. The van der Waals surface area contributed by atoms with E-state index < -0.39 is 12.0 Å². The molecule has 1 unspecified atom stereocenters. The first-order valence-corrected chi connectivity index (χ1v) is 12.6. The summed E-state index contributed by atoms with van der Waals surface area (Å²) in [7, 11) is 0. The van der Waals surface area contributed by atoms with Crippen LogP contribution < -0.4 is 29.2 Å². The highest BCUT2D eigenvalue weighted by Crippen LogP contribution is 2.40. The Balaban J connectivity index is 1.63. The monoisotopic (exact) mass is 522 g/mol. The van der Waals surface area contributed by atoms with Crippen molar-refractivity contribution in [2.75, 3.05) is 30.0 Å². The molecular formula is C29H31FN2O6. The van der Waals surface area contributed by atoms with Crippen molar-refractivity contribution in [2.45, 2.75) is 40.3 Å². The summed E-state index contributed by atoms with van der Waals surface area (Å²) in [5.41, 5.74) is 2.05. The van der Waals surface area contributed by atoms with Gasteiger partial charge in [-0.2, -0.15) is 0 Å². The van der Waals surface area contributed by atoms with Crippen molar-refractivity contribution in [1.29, 1.82) is 0 Å². The molecule has 3 aromatic carbocycles. The van der Waals surface area contributed by atoms with Gasteiger partial charge in [0, 0.05) is 11.3 Å². The molecule has 2 amide bonds. The molecule has 1 aliphatic rings. The van der Waals surface area contributed by atoms with Gasteiger partial charge >= 0.3 is 0 Å². The summed E-state index contributed by atoms with van der Waals surface area (Å²) in [6.07, 6.45) is -0.679. The third kappa shape index (κ3) is 5.82. The molecule has 200 valence electrons. The molecule has 1 N–H and O–H groups in total. The van der Waals surface area contributed by atoms with E-state index in [1.165, 1.54) is 12.1 Å². The van der Waals surface area contributed by atoms with Crippen LogP contribution in [0, 0.1) is 5.82 Å². The molecule has 0 saturated heterocycles. The molecular weight excluding hydrogens is 491 g/mol. The third-order valence-electron chi connectivity index (χ3n) is 5.85. The Morgan fingerprint density at radius 2 is 1.58 bits per heavy atom. The lowest BCUT2D eigenvalue weighted by atomic mass is 10.1. The van der Waals surface area contributed by atoms with Gasteiger partial charge in [-0.05, 0) is 75.7 Å². The van der Waals surface area contributed by atoms with Crippen molar-refractivity contribution in [3.05, 3.63) is 71.5 Å². The fourth-order valence-electron chi connectivity index (χ4n) is 4.14. The smallest absolute Gasteiger partial charge is 0.268 e. The number of carbonyl (C=O) groups is 2. The number of halogens is 1. The van der Waals surface area contributed by atoms with Gasteiger partial charge in [0.05, 0.1) is 32.1 Å². The molecule has 0 spiro atoms. The number of fused-ring (bicyclic) bond motifs is 1. The van der Waals surface area contributed by atoms with Gasteiger partial charge in [-0.25, -0.2) is 4.39 Å². The van der Waals surface area contributed by atoms with E-state index in [-0.39, 0.29) is 18.3 Å². The quantitative estimate of drug-likeness (QED) is 0.374. The van der Waals surface area contributed by atoms with Crippen LogP contribution in [-0.4, -0.2) is 37.7 Å². The first-order valence-electron chi connectivity index (χ1n) is 12.6. The zero-order valence-corrected chi connectivity index (χ0v) is 21.9. The van der Waals surface area contributed by atoms with Gasteiger partial charge in [0.2, 0.25) is 5.75 Å². The van der Waals surface area contributed by atoms with Crippen LogP contribution in [0.4, 0.5) is 15.8 Å². The van der Waals surface area contributed by atoms with Crippen molar-refractivity contribution in [3.63, 3.8) is 0 Å². The first kappa shape index (κ1) is 26.8. The fraction of sp³-hybridized carbons (Fsp3) is 0.310. The largest absolute Gasteiger partial charge is 0.490 e. The second-order valence-corrected chi connectivity index (χ2v) is 8.55. The Bertz CT molecular complexity index is 1280. The minimum absolute atomic E-state index is 0.228. The number of nitrogens with zero attached hydrogens (tertiary/aromatic N) is 1. The van der Waals surface area contributed by atoms with Crippen LogP contribution in [0.2, 0.25) is 0 Å². The summed E-state index contributed by atoms with van der Waals surface area (Å²) in [4.78, 5) is 27.8. The molecule has 1 aliphatic heterocycles. The molecule has 9 heteroatoms. The SMILES string of the molecule is CCOc1cc(C(=O)Nc2ccc3c(c2)N(Cc2ccc(F)cc2)C(=O)C(C)O3)cc(OCC)c1OCC. The second kappa shape index (κ2) is 11.9. The van der Waals surface area contributed by atoms with Crippen molar-refractivity contribution >= 4 is 23.2 Å². The molecule has 0 bridgehead atoms. The van der Waals surface area contributed by atoms with Crippen molar-refractivity contribution in [1.82, 2.24) is 0 Å². The van der Waals surface area contributed by atoms with Crippen LogP contribution in [0.3, 0.4) is 0 Å². The Morgan fingerprint density at radius 1 is 0.947 bits per heavy atom. The average molecular weight is 523 g/mol. The third-order valence-corrected chi connectivity index (χ3v) is 5.85. The number of hydrogen-bond donors (Lipinski definition) is 1. The van der Waals surface area contributed by atoms with E-state index in [9.17, 15) is 14.0 Å². The molecule has 8 nitrogen and oxygen atoms in total. The molecule has 38 heavy (non-hydrogen) atoms. The normalized spacial score (nSPS) is 14.4. The topological polar surface area (TPSA) is 86.3 Å². The predicted molar refractivity (Wildman–Crippen MR) is 142 cm³/mol. The number of rotatable bonds is 10. The van der Waals surface area contributed by atoms with Gasteiger partial charge in [0.1, 0.15) is 11.6 Å². The van der Waals surface area contributed by atoms with Crippen LogP contribution in [0.1, 0.15) is 43.6 Å². The van der Waals surface area contributed by atoms with Crippen LogP contribution in [0.15, 0.2) is 54.6 Å². The molecule has 4 rings (SSSR count). The second-order valence-electron chi connectivity index (χ2n) is 8.55. The highest BCUT2D eigenvalue weighted by atomic mass is 19.1. The van der Waals surface area contributed by atoms with Crippen LogP contribution in [0.25, 0.3) is 0 Å². The van der Waals surface area contributed by atoms with Crippen molar-refractivity contribution < 1.29 is 32.9 Å². The average Bonchev–Trinajstić information content (AvgIpc) is 2.90. The molecule has 0 fully saturated rings. The summed E-state index contributed by atoms with van der Waals surface area (Å²) < 4.78 is 36.3. The number of carbonyl (C=O) groups excluding carboxylic acids is 2. The summed E-state index contributed by atoms with van der Waals surface area (Å²) in [6.45, 7) is 8.64. The number of ether oxygens (including phenoxy) is 4. The van der Waals surface area contributed by atoms with Crippen LogP contribution in [-0.2, 0) is 11.3 Å². The van der Waals surface area contributed by atoms with Gasteiger partial charge in [0.15, 0.2) is 17.6 Å². The van der Waals surface area contributed by atoms with E-state index in [1.54, 1.807) is 54.3 Å². The van der Waals surface area contributed by atoms with Gasteiger partial charge < -0.3 is 29.2 Å². The van der Waals surface area contributed by atoms with Gasteiger partial charge in [0.25, 0.3) is 11.8 Å². The van der Waals surface area contributed by atoms with E-state index in [2.05, 4.69) is 5.32 Å². The van der Waals surface area contributed by atoms with Crippen LogP contribution >= 0.6 is 0 Å². The first-order chi connectivity index (χ1) is 18.3. The molecule has 3 aromatic rings. The highest BCUT2D eigenvalue weighted by Gasteiger charge is 2.32. The number of amides is 2. The zero-order chi connectivity index (χ0) is 27.2. The minimum Gasteiger partial charge on any atom is -0.490 e. The lowest BCUT2D eigenvalue weighted by Crippen LogP contribution is -2.44. The predicted octanol–water partition coefficient (Wildman–Crippen LogP) is 5.59. The Morgan fingerprint density at radius 3 is 2.18 bits per heavy atom. The Kier molecular flexibility index (Phi) is 8.35. The molecule has 0 radical (unpaired) electrons. The zero-order valence-electron chi connectivity index (χ0n) is 21.9. The Hall–Kier alpha value is -4.27. The lowest BCUT2D eigenvalue weighted by Gasteiger charge is -2.33. The molecule has 1 heterocycles. The lowest BCUT2D eigenvalue weighted by molar-refractivity contribution is -0.125. The summed E-state index contributed by atoms with van der Waals surface area (Å²) in [5.74, 6) is 0.799. The van der Waals surface area contributed by atoms with Crippen LogP contribution in [0.5, 0.6) is 23.0 Å². The number of nitrogens with one attached hydrogen (secondary N) is 1. The van der Waals surface area contributed by atoms with E-state index in [0.717, 1.165) is 5.56 Å². The standard InChI is InChI=1S/C29H31FN2O6/c1-5-35-25-14-20(15-26(36-6-2)27(25)37-7-3)28(33)31-22-12-13-24-23(16-22)32(29(34)18(4)38-24)17-19-8-10-21(30)11-9-19/h8-16,18H,5-7,17H2,1-4H3,(H,31,33). The molecule has 0 aliphatic carbocycles. The molecule has 0 aromatic heterocycles.